The summed E-state index contributed by atoms with van der Waals surface area (Å²) in [6.07, 6.45) is 3.85. The van der Waals surface area contributed by atoms with E-state index in [4.69, 9.17) is 4.52 Å². The monoisotopic (exact) mass is 443 g/mol. The molecule has 31 heavy (non-hydrogen) atoms. The number of carbonyl (C=O) groups is 1. The lowest BCUT2D eigenvalue weighted by molar-refractivity contribution is -0.121. The molecular formula is C21H25N5O4S. The van der Waals surface area contributed by atoms with Crippen molar-refractivity contribution in [3.05, 3.63) is 65.8 Å². The van der Waals surface area contributed by atoms with Crippen molar-refractivity contribution in [2.45, 2.75) is 45.0 Å². The molecule has 0 saturated carbocycles. The fraction of sp³-hybridized carbons (Fsp3) is 0.333. The fourth-order valence-corrected chi connectivity index (χ4v) is 4.28. The third-order valence-electron chi connectivity index (χ3n) is 4.24. The Kier molecular flexibility index (Phi) is 7.48. The smallest absolute Gasteiger partial charge is 0.227 e. The molecule has 0 aliphatic heterocycles. The van der Waals surface area contributed by atoms with Crippen LogP contribution >= 0.6 is 0 Å². The molecular weight excluding hydrogens is 418 g/mol. The molecule has 0 aliphatic carbocycles. The average Bonchev–Trinajstić information content (AvgIpc) is 3.20. The molecule has 1 aromatic carbocycles. The van der Waals surface area contributed by atoms with Gasteiger partial charge in [-0.15, -0.1) is 0 Å². The van der Waals surface area contributed by atoms with Gasteiger partial charge in [-0.1, -0.05) is 29.4 Å². The van der Waals surface area contributed by atoms with Gasteiger partial charge in [0.2, 0.25) is 27.6 Å². The molecule has 0 fully saturated rings. The fourth-order valence-electron chi connectivity index (χ4n) is 2.85. The van der Waals surface area contributed by atoms with Gasteiger partial charge in [-0.25, -0.2) is 13.1 Å². The van der Waals surface area contributed by atoms with Crippen molar-refractivity contribution in [1.82, 2.24) is 25.2 Å². The molecule has 0 spiro atoms. The van der Waals surface area contributed by atoms with Crippen LogP contribution < -0.4 is 10.0 Å². The molecule has 3 rings (SSSR count). The van der Waals surface area contributed by atoms with Gasteiger partial charge in [0.15, 0.2) is 0 Å². The molecule has 2 aromatic heterocycles. The number of nitrogens with zero attached hydrogens (tertiary/aromatic N) is 3. The molecule has 2 N–H and O–H groups in total. The Morgan fingerprint density at radius 2 is 1.87 bits per heavy atom. The van der Waals surface area contributed by atoms with E-state index in [1.165, 1.54) is 0 Å². The number of hydrogen-bond donors (Lipinski definition) is 2. The number of nitrogens with one attached hydrogen (secondary N) is 2. The number of carbonyl (C=O) groups excluding carboxylic acids is 1. The van der Waals surface area contributed by atoms with Gasteiger partial charge in [-0.2, -0.15) is 4.98 Å². The first-order valence-electron chi connectivity index (χ1n) is 9.88. The standard InChI is InChI=1S/C21H25N5O4S/c1-15(2)26-31(28,29)14-17-7-5-16(6-8-17)12-23-19(27)9-10-20-24-21(25-30-20)18-4-3-11-22-13-18/h3-8,11,13,15,26H,9-10,12,14H2,1-2H3,(H,23,27). The molecule has 2 heterocycles. The highest BCUT2D eigenvalue weighted by Gasteiger charge is 2.13. The van der Waals surface area contributed by atoms with Crippen molar-refractivity contribution in [3.63, 3.8) is 0 Å². The molecule has 0 saturated heterocycles. The van der Waals surface area contributed by atoms with Crippen molar-refractivity contribution >= 4 is 15.9 Å². The molecule has 0 aliphatic rings. The van der Waals surface area contributed by atoms with Gasteiger partial charge < -0.3 is 9.84 Å². The molecule has 1 amide bonds. The van der Waals surface area contributed by atoms with Gasteiger partial charge in [0, 0.05) is 43.4 Å². The van der Waals surface area contributed by atoms with E-state index in [-0.39, 0.29) is 24.1 Å². The molecule has 0 bridgehead atoms. The highest BCUT2D eigenvalue weighted by Crippen LogP contribution is 2.14. The minimum atomic E-state index is -3.37. The van der Waals surface area contributed by atoms with Crippen LogP contribution in [-0.2, 0) is 33.5 Å². The Hall–Kier alpha value is -3.11. The lowest BCUT2D eigenvalue weighted by Gasteiger charge is -2.10. The summed E-state index contributed by atoms with van der Waals surface area (Å²) in [5, 5.41) is 6.73. The summed E-state index contributed by atoms with van der Waals surface area (Å²) in [5.74, 6) is 0.598. The number of hydrogen-bond acceptors (Lipinski definition) is 7. The Balaban J connectivity index is 1.44. The van der Waals surface area contributed by atoms with Crippen molar-refractivity contribution < 1.29 is 17.7 Å². The van der Waals surface area contributed by atoms with E-state index < -0.39 is 10.0 Å². The van der Waals surface area contributed by atoms with Crippen LogP contribution in [0.3, 0.4) is 0 Å². The van der Waals surface area contributed by atoms with Crippen LogP contribution in [0.15, 0.2) is 53.3 Å². The van der Waals surface area contributed by atoms with E-state index in [1.54, 1.807) is 56.6 Å². The molecule has 0 radical (unpaired) electrons. The number of aromatic nitrogens is 3. The van der Waals surface area contributed by atoms with Crippen molar-refractivity contribution in [2.75, 3.05) is 0 Å². The molecule has 10 heteroatoms. The normalized spacial score (nSPS) is 11.6. The van der Waals surface area contributed by atoms with Crippen LogP contribution in [0.25, 0.3) is 11.4 Å². The Bertz CT molecular complexity index is 1100. The summed E-state index contributed by atoms with van der Waals surface area (Å²) in [6.45, 7) is 3.91. The number of amides is 1. The van der Waals surface area contributed by atoms with Gasteiger partial charge in [-0.05, 0) is 37.1 Å². The Labute approximate surface area is 181 Å². The first kappa shape index (κ1) is 22.6. The Morgan fingerprint density at radius 3 is 2.55 bits per heavy atom. The first-order chi connectivity index (χ1) is 14.8. The van der Waals surface area contributed by atoms with Gasteiger partial charge in [0.05, 0.1) is 5.75 Å². The molecule has 0 unspecified atom stereocenters. The van der Waals surface area contributed by atoms with Crippen LogP contribution in [0.4, 0.5) is 0 Å². The zero-order chi connectivity index (χ0) is 22.3. The molecule has 0 atom stereocenters. The van der Waals surface area contributed by atoms with Crippen molar-refractivity contribution in [2.24, 2.45) is 0 Å². The molecule has 3 aromatic rings. The summed E-state index contributed by atoms with van der Waals surface area (Å²) in [7, 11) is -3.37. The number of pyridine rings is 1. The third kappa shape index (κ3) is 7.26. The summed E-state index contributed by atoms with van der Waals surface area (Å²) < 4.78 is 31.7. The lowest BCUT2D eigenvalue weighted by Crippen LogP contribution is -2.31. The predicted molar refractivity (Wildman–Crippen MR) is 115 cm³/mol. The minimum absolute atomic E-state index is 0.0803. The zero-order valence-corrected chi connectivity index (χ0v) is 18.2. The van der Waals surface area contributed by atoms with Gasteiger partial charge in [-0.3, -0.25) is 9.78 Å². The van der Waals surface area contributed by atoms with Gasteiger partial charge in [0.25, 0.3) is 0 Å². The summed E-state index contributed by atoms with van der Waals surface area (Å²) >= 11 is 0. The third-order valence-corrected chi connectivity index (χ3v) is 5.78. The molecule has 9 nitrogen and oxygen atoms in total. The first-order valence-corrected chi connectivity index (χ1v) is 11.5. The van der Waals surface area contributed by atoms with E-state index in [2.05, 4.69) is 25.2 Å². The zero-order valence-electron chi connectivity index (χ0n) is 17.4. The van der Waals surface area contributed by atoms with Crippen LogP contribution in [0.5, 0.6) is 0 Å². The highest BCUT2D eigenvalue weighted by atomic mass is 32.2. The summed E-state index contributed by atoms with van der Waals surface area (Å²) in [6, 6.07) is 10.6. The second-order valence-electron chi connectivity index (χ2n) is 7.38. The van der Waals surface area contributed by atoms with Crippen LogP contribution in [0, 0.1) is 0 Å². The topological polar surface area (TPSA) is 127 Å². The van der Waals surface area contributed by atoms with E-state index in [1.807, 2.05) is 6.07 Å². The Morgan fingerprint density at radius 1 is 1.13 bits per heavy atom. The van der Waals surface area contributed by atoms with Crippen molar-refractivity contribution in [3.8, 4) is 11.4 Å². The van der Waals surface area contributed by atoms with E-state index in [0.717, 1.165) is 11.1 Å². The second kappa shape index (κ2) is 10.3. The highest BCUT2D eigenvalue weighted by molar-refractivity contribution is 7.88. The summed E-state index contributed by atoms with van der Waals surface area (Å²) in [5.41, 5.74) is 2.31. The van der Waals surface area contributed by atoms with Crippen LogP contribution in [0.2, 0.25) is 0 Å². The number of aryl methyl sites for hydroxylation is 1. The second-order valence-corrected chi connectivity index (χ2v) is 9.13. The van der Waals surface area contributed by atoms with Gasteiger partial charge in [0.1, 0.15) is 0 Å². The van der Waals surface area contributed by atoms with E-state index in [0.29, 0.717) is 30.2 Å². The SMILES string of the molecule is CC(C)NS(=O)(=O)Cc1ccc(CNC(=O)CCc2nc(-c3cccnc3)no2)cc1. The van der Waals surface area contributed by atoms with E-state index in [9.17, 15) is 13.2 Å². The average molecular weight is 444 g/mol. The quantitative estimate of drug-likeness (QED) is 0.492. The number of benzene rings is 1. The van der Waals surface area contributed by atoms with Gasteiger partial charge >= 0.3 is 0 Å². The van der Waals surface area contributed by atoms with E-state index >= 15 is 0 Å². The van der Waals surface area contributed by atoms with Crippen molar-refractivity contribution in [1.29, 1.82) is 0 Å². The maximum Gasteiger partial charge on any atom is 0.227 e. The summed E-state index contributed by atoms with van der Waals surface area (Å²) in [4.78, 5) is 20.4. The number of sulfonamides is 1. The van der Waals surface area contributed by atoms with Crippen LogP contribution in [-0.4, -0.2) is 35.5 Å². The maximum atomic E-state index is 12.1. The van der Waals surface area contributed by atoms with Crippen LogP contribution in [0.1, 0.15) is 37.3 Å². The number of rotatable bonds is 10. The molecule has 164 valence electrons. The lowest BCUT2D eigenvalue weighted by atomic mass is 10.1. The minimum Gasteiger partial charge on any atom is -0.352 e. The maximum absolute atomic E-state index is 12.1. The predicted octanol–water partition coefficient (Wildman–Crippen LogP) is 2.21. The largest absolute Gasteiger partial charge is 0.352 e.